The highest BCUT2D eigenvalue weighted by Gasteiger charge is 2.35. The summed E-state index contributed by atoms with van der Waals surface area (Å²) in [5.74, 6) is -0.772. The van der Waals surface area contributed by atoms with Crippen LogP contribution in [0.25, 0.3) is 0 Å². The molecular formula is C14H19F3N2O. The van der Waals surface area contributed by atoms with Gasteiger partial charge in [-0.25, -0.2) is 0 Å². The average molecular weight is 288 g/mol. The van der Waals surface area contributed by atoms with Crippen molar-refractivity contribution in [1.29, 1.82) is 0 Å². The lowest BCUT2D eigenvalue weighted by atomic mass is 10.1. The molecule has 1 aromatic carbocycles. The predicted molar refractivity (Wildman–Crippen MR) is 70.8 cm³/mol. The Balaban J connectivity index is 2.87. The molecule has 0 aliphatic rings. The minimum atomic E-state index is -4.43. The summed E-state index contributed by atoms with van der Waals surface area (Å²) in [5, 5.41) is 0. The second kappa shape index (κ2) is 6.74. The van der Waals surface area contributed by atoms with Crippen LogP contribution in [0.1, 0.15) is 25.5 Å². The monoisotopic (exact) mass is 288 g/mol. The zero-order valence-corrected chi connectivity index (χ0v) is 11.5. The molecule has 0 aromatic heterocycles. The molecule has 0 unspecified atom stereocenters. The van der Waals surface area contributed by atoms with Gasteiger partial charge in [-0.15, -0.1) is 0 Å². The highest BCUT2D eigenvalue weighted by molar-refractivity contribution is 5.83. The maximum Gasteiger partial charge on any atom is 0.406 e. The molecule has 0 saturated heterocycles. The fraction of sp³-hybridized carbons (Fsp3) is 0.500. The average Bonchev–Trinajstić information content (AvgIpc) is 2.35. The van der Waals surface area contributed by atoms with Crippen LogP contribution < -0.4 is 5.73 Å². The molecule has 0 aliphatic carbocycles. The fourth-order valence-corrected chi connectivity index (χ4v) is 1.89. The van der Waals surface area contributed by atoms with Crippen LogP contribution in [0, 0.1) is 5.92 Å². The summed E-state index contributed by atoms with van der Waals surface area (Å²) >= 11 is 0. The van der Waals surface area contributed by atoms with Gasteiger partial charge in [0, 0.05) is 6.54 Å². The van der Waals surface area contributed by atoms with Crippen molar-refractivity contribution in [3.05, 3.63) is 35.9 Å². The van der Waals surface area contributed by atoms with Gasteiger partial charge in [0.05, 0.1) is 0 Å². The Morgan fingerprint density at radius 1 is 1.25 bits per heavy atom. The van der Waals surface area contributed by atoms with Crippen molar-refractivity contribution in [2.24, 2.45) is 11.7 Å². The van der Waals surface area contributed by atoms with Crippen LogP contribution in [0.3, 0.4) is 0 Å². The fourth-order valence-electron chi connectivity index (χ4n) is 1.89. The Kier molecular flexibility index (Phi) is 5.56. The molecule has 20 heavy (non-hydrogen) atoms. The van der Waals surface area contributed by atoms with Crippen molar-refractivity contribution in [3.8, 4) is 0 Å². The summed E-state index contributed by atoms with van der Waals surface area (Å²) in [5.41, 5.74) is 6.28. The van der Waals surface area contributed by atoms with E-state index in [1.54, 1.807) is 44.2 Å². The van der Waals surface area contributed by atoms with E-state index < -0.39 is 24.7 Å². The maximum absolute atomic E-state index is 12.5. The largest absolute Gasteiger partial charge is 0.406 e. The smallest absolute Gasteiger partial charge is 0.332 e. The third-order valence-electron chi connectivity index (χ3n) is 2.69. The van der Waals surface area contributed by atoms with E-state index in [1.807, 2.05) is 0 Å². The number of benzene rings is 1. The number of carbonyl (C=O) groups excluding carboxylic acids is 1. The van der Waals surface area contributed by atoms with Gasteiger partial charge in [-0.1, -0.05) is 44.2 Å². The number of alkyl halides is 3. The lowest BCUT2D eigenvalue weighted by Crippen LogP contribution is -2.45. The number of carbonyl (C=O) groups is 1. The standard InChI is InChI=1S/C14H19F3N2O/c1-10(2)8-19(9-14(15,16)17)13(20)12(18)11-6-4-3-5-7-11/h3-7,10,12H,8-9,18H2,1-2H3/t12-/m1/s1. The first-order valence-electron chi connectivity index (χ1n) is 6.37. The van der Waals surface area contributed by atoms with Crippen LogP contribution in [0.2, 0.25) is 0 Å². The van der Waals surface area contributed by atoms with E-state index in [0.29, 0.717) is 5.56 Å². The van der Waals surface area contributed by atoms with E-state index in [4.69, 9.17) is 5.73 Å². The molecule has 3 nitrogen and oxygen atoms in total. The first-order valence-corrected chi connectivity index (χ1v) is 6.37. The minimum absolute atomic E-state index is 0.0267. The Morgan fingerprint density at radius 3 is 2.25 bits per heavy atom. The second-order valence-electron chi connectivity index (χ2n) is 5.12. The Hall–Kier alpha value is -1.56. The van der Waals surface area contributed by atoms with Crippen molar-refractivity contribution < 1.29 is 18.0 Å². The molecule has 0 spiro atoms. The van der Waals surface area contributed by atoms with Gasteiger partial charge in [-0.2, -0.15) is 13.2 Å². The number of halogens is 3. The van der Waals surface area contributed by atoms with Crippen LogP contribution in [-0.4, -0.2) is 30.1 Å². The molecule has 112 valence electrons. The van der Waals surface area contributed by atoms with Crippen LogP contribution in [-0.2, 0) is 4.79 Å². The van der Waals surface area contributed by atoms with Crippen molar-refractivity contribution >= 4 is 5.91 Å². The Bertz CT molecular complexity index is 432. The molecule has 1 atom stereocenters. The van der Waals surface area contributed by atoms with E-state index in [1.165, 1.54) is 0 Å². The van der Waals surface area contributed by atoms with Gasteiger partial charge in [0.1, 0.15) is 12.6 Å². The topological polar surface area (TPSA) is 46.3 Å². The maximum atomic E-state index is 12.5. The molecule has 1 amide bonds. The predicted octanol–water partition coefficient (Wildman–Crippen LogP) is 2.73. The molecular weight excluding hydrogens is 269 g/mol. The third-order valence-corrected chi connectivity index (χ3v) is 2.69. The van der Waals surface area contributed by atoms with E-state index in [2.05, 4.69) is 0 Å². The zero-order chi connectivity index (χ0) is 15.3. The number of hydrogen-bond donors (Lipinski definition) is 1. The lowest BCUT2D eigenvalue weighted by molar-refractivity contribution is -0.163. The van der Waals surface area contributed by atoms with Crippen molar-refractivity contribution in [1.82, 2.24) is 4.90 Å². The van der Waals surface area contributed by atoms with Gasteiger partial charge in [-0.05, 0) is 11.5 Å². The van der Waals surface area contributed by atoms with E-state index >= 15 is 0 Å². The van der Waals surface area contributed by atoms with Gasteiger partial charge in [0.2, 0.25) is 5.91 Å². The summed E-state index contributed by atoms with van der Waals surface area (Å²) < 4.78 is 37.6. The molecule has 1 rings (SSSR count). The van der Waals surface area contributed by atoms with Gasteiger partial charge < -0.3 is 10.6 Å². The quantitative estimate of drug-likeness (QED) is 0.905. The normalized spacial score (nSPS) is 13.3. The number of nitrogens with two attached hydrogens (primary N) is 1. The number of nitrogens with zero attached hydrogens (tertiary/aromatic N) is 1. The molecule has 0 fully saturated rings. The summed E-state index contributed by atoms with van der Waals surface area (Å²) in [4.78, 5) is 12.9. The lowest BCUT2D eigenvalue weighted by Gasteiger charge is -2.28. The number of hydrogen-bond acceptors (Lipinski definition) is 2. The van der Waals surface area contributed by atoms with E-state index in [0.717, 1.165) is 4.90 Å². The van der Waals surface area contributed by atoms with E-state index in [9.17, 15) is 18.0 Å². The highest BCUT2D eigenvalue weighted by atomic mass is 19.4. The van der Waals surface area contributed by atoms with E-state index in [-0.39, 0.29) is 12.5 Å². The summed E-state index contributed by atoms with van der Waals surface area (Å²) in [6.07, 6.45) is -4.43. The molecule has 0 radical (unpaired) electrons. The SMILES string of the molecule is CC(C)CN(CC(F)(F)F)C(=O)[C@H](N)c1ccccc1. The Morgan fingerprint density at radius 2 is 1.80 bits per heavy atom. The van der Waals surface area contributed by atoms with Crippen molar-refractivity contribution in [2.75, 3.05) is 13.1 Å². The van der Waals surface area contributed by atoms with Crippen LogP contribution in [0.5, 0.6) is 0 Å². The molecule has 0 bridgehead atoms. The molecule has 1 aromatic rings. The molecule has 2 N–H and O–H groups in total. The first-order chi connectivity index (χ1) is 9.20. The Labute approximate surface area is 116 Å². The second-order valence-corrected chi connectivity index (χ2v) is 5.12. The first kappa shape index (κ1) is 16.5. The summed E-state index contributed by atoms with van der Waals surface area (Å²) in [7, 11) is 0. The van der Waals surface area contributed by atoms with Crippen LogP contribution >= 0.6 is 0 Å². The van der Waals surface area contributed by atoms with Gasteiger partial charge in [-0.3, -0.25) is 4.79 Å². The van der Waals surface area contributed by atoms with Crippen LogP contribution in [0.4, 0.5) is 13.2 Å². The van der Waals surface area contributed by atoms with Gasteiger partial charge >= 0.3 is 6.18 Å². The highest BCUT2D eigenvalue weighted by Crippen LogP contribution is 2.20. The zero-order valence-electron chi connectivity index (χ0n) is 11.5. The molecule has 0 saturated carbocycles. The number of amides is 1. The van der Waals surface area contributed by atoms with Gasteiger partial charge in [0.15, 0.2) is 0 Å². The molecule has 0 heterocycles. The summed E-state index contributed by atoms with van der Waals surface area (Å²) in [6, 6.07) is 7.32. The van der Waals surface area contributed by atoms with Crippen molar-refractivity contribution in [2.45, 2.75) is 26.1 Å². The minimum Gasteiger partial charge on any atom is -0.332 e. The molecule has 6 heteroatoms. The van der Waals surface area contributed by atoms with Gasteiger partial charge in [0.25, 0.3) is 0 Å². The summed E-state index contributed by atoms with van der Waals surface area (Å²) in [6.45, 7) is 2.26. The third kappa shape index (κ3) is 5.21. The number of rotatable bonds is 5. The van der Waals surface area contributed by atoms with Crippen LogP contribution in [0.15, 0.2) is 30.3 Å². The molecule has 0 aliphatic heterocycles. The van der Waals surface area contributed by atoms with Crippen molar-refractivity contribution in [3.63, 3.8) is 0 Å².